The van der Waals surface area contributed by atoms with E-state index in [1.807, 2.05) is 48.5 Å². The van der Waals surface area contributed by atoms with Gasteiger partial charge in [-0.05, 0) is 19.4 Å². The molecule has 0 saturated heterocycles. The largest absolute Gasteiger partial charge is 0.331 e. The van der Waals surface area contributed by atoms with Crippen molar-refractivity contribution < 1.29 is 18.4 Å². The maximum Gasteiger partial charge on any atom is 0.331 e. The van der Waals surface area contributed by atoms with Gasteiger partial charge in [-0.1, -0.05) is 60.7 Å². The summed E-state index contributed by atoms with van der Waals surface area (Å²) >= 11 is 0. The van der Waals surface area contributed by atoms with Gasteiger partial charge in [0.25, 0.3) is 0 Å². The van der Waals surface area contributed by atoms with Gasteiger partial charge in [0.1, 0.15) is 0 Å². The first-order valence-electron chi connectivity index (χ1n) is 8.59. The lowest BCUT2D eigenvalue weighted by Crippen LogP contribution is -2.14. The molecule has 0 bridgehead atoms. The lowest BCUT2D eigenvalue weighted by molar-refractivity contribution is 0.0975. The molecule has 0 aromatic heterocycles. The Morgan fingerprint density at radius 3 is 1.96 bits per heavy atom. The molecular formula is C20H25O4P. The number of hydrogen-bond acceptors (Lipinski definition) is 4. The highest BCUT2D eigenvalue weighted by atomic mass is 31.2. The summed E-state index contributed by atoms with van der Waals surface area (Å²) in [6.45, 7) is 4.20. The van der Waals surface area contributed by atoms with Crippen molar-refractivity contribution in [1.29, 1.82) is 0 Å². The molecule has 0 unspecified atom stereocenters. The Kier molecular flexibility index (Phi) is 7.57. The van der Waals surface area contributed by atoms with Crippen LogP contribution in [0.3, 0.4) is 0 Å². The predicted molar refractivity (Wildman–Crippen MR) is 100 cm³/mol. The maximum absolute atomic E-state index is 13.0. The Morgan fingerprint density at radius 2 is 1.44 bits per heavy atom. The van der Waals surface area contributed by atoms with Gasteiger partial charge < -0.3 is 9.05 Å². The molecule has 0 radical (unpaired) electrons. The van der Waals surface area contributed by atoms with Gasteiger partial charge in [-0.3, -0.25) is 9.36 Å². The summed E-state index contributed by atoms with van der Waals surface area (Å²) in [6.07, 6.45) is 0.454. The smallest absolute Gasteiger partial charge is 0.309 e. The second kappa shape index (κ2) is 9.67. The van der Waals surface area contributed by atoms with E-state index in [4.69, 9.17) is 9.05 Å². The topological polar surface area (TPSA) is 52.6 Å². The number of carbonyl (C=O) groups excluding carboxylic acids is 1. The third-order valence-corrected chi connectivity index (χ3v) is 6.09. The average Bonchev–Trinajstić information content (AvgIpc) is 2.63. The zero-order chi connectivity index (χ0) is 18.1. The van der Waals surface area contributed by atoms with Crippen LogP contribution in [0.1, 0.15) is 42.1 Å². The van der Waals surface area contributed by atoms with Crippen LogP contribution in [0.2, 0.25) is 0 Å². The van der Waals surface area contributed by atoms with Crippen LogP contribution in [0.25, 0.3) is 0 Å². The molecule has 1 atom stereocenters. The molecule has 134 valence electrons. The van der Waals surface area contributed by atoms with E-state index in [1.165, 1.54) is 0 Å². The van der Waals surface area contributed by atoms with Gasteiger partial charge in [0, 0.05) is 17.9 Å². The zero-order valence-electron chi connectivity index (χ0n) is 14.8. The molecule has 0 N–H and O–H groups in total. The summed E-state index contributed by atoms with van der Waals surface area (Å²) in [5.74, 6) is -0.202. The van der Waals surface area contributed by atoms with E-state index < -0.39 is 7.60 Å². The van der Waals surface area contributed by atoms with Crippen LogP contribution in [0.4, 0.5) is 0 Å². The van der Waals surface area contributed by atoms with Gasteiger partial charge in [-0.2, -0.15) is 0 Å². The Labute approximate surface area is 149 Å². The summed E-state index contributed by atoms with van der Waals surface area (Å²) < 4.78 is 23.8. The fourth-order valence-electron chi connectivity index (χ4n) is 2.78. The van der Waals surface area contributed by atoms with Gasteiger partial charge in [-0.25, -0.2) is 0 Å². The van der Waals surface area contributed by atoms with Gasteiger partial charge in [0.2, 0.25) is 0 Å². The quantitative estimate of drug-likeness (QED) is 0.426. The number of hydrogen-bond donors (Lipinski definition) is 0. The maximum atomic E-state index is 13.0. The zero-order valence-corrected chi connectivity index (χ0v) is 15.7. The fourth-order valence-corrected chi connectivity index (χ4v) is 4.74. The number of Topliss-reactive ketones (excluding diaryl/α,β-unsaturated/α-hetero) is 1. The second-order valence-electron chi connectivity index (χ2n) is 5.73. The fraction of sp³-hybridized carbons (Fsp3) is 0.350. The Hall–Kier alpha value is -1.74. The molecular weight excluding hydrogens is 335 g/mol. The molecule has 0 aliphatic carbocycles. The molecule has 2 aromatic carbocycles. The lowest BCUT2D eigenvalue weighted by Gasteiger charge is -2.23. The minimum Gasteiger partial charge on any atom is -0.309 e. The van der Waals surface area contributed by atoms with Crippen LogP contribution >= 0.6 is 7.60 Å². The monoisotopic (exact) mass is 360 g/mol. The molecule has 2 rings (SSSR count). The van der Waals surface area contributed by atoms with Crippen LogP contribution in [0.5, 0.6) is 0 Å². The predicted octanol–water partition coefficient (Wildman–Crippen LogP) is 5.31. The summed E-state index contributed by atoms with van der Waals surface area (Å²) in [4.78, 5) is 12.7. The standard InChI is InChI=1S/C20H25O4P/c1-3-23-25(22,24-4-2)16-19(17-11-7-5-8-12-17)15-20(21)18-13-9-6-10-14-18/h5-14,19H,3-4,15-16H2,1-2H3/t19-/m1/s1. The SMILES string of the molecule is CCOP(=O)(C[C@@H](CC(=O)c1ccccc1)c1ccccc1)OCC. The van der Waals surface area contributed by atoms with Gasteiger partial charge in [0.05, 0.1) is 19.4 Å². The first kappa shape index (κ1) is 19.6. The van der Waals surface area contributed by atoms with E-state index in [0.29, 0.717) is 18.8 Å². The van der Waals surface area contributed by atoms with Crippen molar-refractivity contribution in [3.05, 3.63) is 71.8 Å². The minimum atomic E-state index is -3.24. The van der Waals surface area contributed by atoms with E-state index in [2.05, 4.69) is 0 Å². The van der Waals surface area contributed by atoms with Crippen molar-refractivity contribution in [3.63, 3.8) is 0 Å². The van der Waals surface area contributed by atoms with Gasteiger partial charge >= 0.3 is 7.60 Å². The average molecular weight is 360 g/mol. The van der Waals surface area contributed by atoms with E-state index in [-0.39, 0.29) is 24.3 Å². The van der Waals surface area contributed by atoms with Crippen LogP contribution in [-0.4, -0.2) is 25.2 Å². The normalized spacial score (nSPS) is 12.7. The van der Waals surface area contributed by atoms with Crippen molar-refractivity contribution in [3.8, 4) is 0 Å². The first-order valence-corrected chi connectivity index (χ1v) is 10.3. The van der Waals surface area contributed by atoms with E-state index in [0.717, 1.165) is 5.56 Å². The van der Waals surface area contributed by atoms with Crippen LogP contribution in [-0.2, 0) is 13.6 Å². The highest BCUT2D eigenvalue weighted by molar-refractivity contribution is 7.53. The van der Waals surface area contributed by atoms with Crippen LogP contribution in [0.15, 0.2) is 60.7 Å². The van der Waals surface area contributed by atoms with Crippen LogP contribution in [0, 0.1) is 0 Å². The van der Waals surface area contributed by atoms with Crippen molar-refractivity contribution in [2.45, 2.75) is 26.2 Å². The van der Waals surface area contributed by atoms with Crippen molar-refractivity contribution in [2.24, 2.45) is 0 Å². The highest BCUT2D eigenvalue weighted by Gasteiger charge is 2.30. The second-order valence-corrected chi connectivity index (χ2v) is 7.83. The first-order chi connectivity index (χ1) is 12.1. The molecule has 0 aliphatic rings. The Bertz CT molecular complexity index is 690. The Balaban J connectivity index is 2.24. The molecule has 0 saturated carbocycles. The number of rotatable bonds is 10. The number of carbonyl (C=O) groups is 1. The third kappa shape index (κ3) is 5.93. The number of benzene rings is 2. The van der Waals surface area contributed by atoms with E-state index in [1.54, 1.807) is 26.0 Å². The van der Waals surface area contributed by atoms with Gasteiger partial charge in [-0.15, -0.1) is 0 Å². The third-order valence-electron chi connectivity index (χ3n) is 3.89. The highest BCUT2D eigenvalue weighted by Crippen LogP contribution is 2.52. The molecule has 0 spiro atoms. The summed E-state index contributed by atoms with van der Waals surface area (Å²) in [7, 11) is -3.24. The van der Waals surface area contributed by atoms with Crippen LogP contribution < -0.4 is 0 Å². The van der Waals surface area contributed by atoms with Crippen molar-refractivity contribution >= 4 is 13.4 Å². The summed E-state index contributed by atoms with van der Waals surface area (Å²) in [5, 5.41) is 0. The van der Waals surface area contributed by atoms with E-state index in [9.17, 15) is 9.36 Å². The van der Waals surface area contributed by atoms with Gasteiger partial charge in [0.15, 0.2) is 5.78 Å². The lowest BCUT2D eigenvalue weighted by atomic mass is 9.93. The minimum absolute atomic E-state index is 0.0222. The molecule has 5 heteroatoms. The molecule has 0 aliphatic heterocycles. The summed E-state index contributed by atoms with van der Waals surface area (Å²) in [5.41, 5.74) is 1.62. The molecule has 0 heterocycles. The molecule has 0 amide bonds. The molecule has 25 heavy (non-hydrogen) atoms. The molecule has 2 aromatic rings. The molecule has 0 fully saturated rings. The summed E-state index contributed by atoms with van der Waals surface area (Å²) in [6, 6.07) is 18.8. The van der Waals surface area contributed by atoms with Crippen molar-refractivity contribution in [1.82, 2.24) is 0 Å². The van der Waals surface area contributed by atoms with E-state index >= 15 is 0 Å². The Morgan fingerprint density at radius 1 is 0.920 bits per heavy atom. The van der Waals surface area contributed by atoms with Crippen molar-refractivity contribution in [2.75, 3.05) is 19.4 Å². The number of ketones is 1. The molecule has 4 nitrogen and oxygen atoms in total.